The smallest absolute Gasteiger partial charge is 0.134 e. The van der Waals surface area contributed by atoms with E-state index in [0.29, 0.717) is 6.04 Å². The Morgan fingerprint density at radius 1 is 1.29 bits per heavy atom. The van der Waals surface area contributed by atoms with Crippen molar-refractivity contribution < 1.29 is 4.42 Å². The number of fused-ring (bicyclic) bond motifs is 1. The Balaban J connectivity index is 1.87. The van der Waals surface area contributed by atoms with Crippen LogP contribution in [0.2, 0.25) is 0 Å². The van der Waals surface area contributed by atoms with E-state index in [-0.39, 0.29) is 0 Å². The molecule has 0 bridgehead atoms. The van der Waals surface area contributed by atoms with Crippen molar-refractivity contribution in [2.75, 3.05) is 33.7 Å². The molecule has 0 spiro atoms. The lowest BCUT2D eigenvalue weighted by molar-refractivity contribution is 0.0877. The van der Waals surface area contributed by atoms with E-state index < -0.39 is 0 Å². The highest BCUT2D eigenvalue weighted by molar-refractivity contribution is 5.82. The Bertz CT molecular complexity index is 607. The minimum absolute atomic E-state index is 0.569. The van der Waals surface area contributed by atoms with Gasteiger partial charge in [-0.1, -0.05) is 18.2 Å². The molecule has 2 heterocycles. The largest absolute Gasteiger partial charge is 0.459 e. The van der Waals surface area contributed by atoms with E-state index in [1.54, 1.807) is 0 Å². The quantitative estimate of drug-likeness (QED) is 0.935. The molecule has 4 nitrogen and oxygen atoms in total. The molecule has 3 rings (SSSR count). The average Bonchev–Trinajstić information content (AvgIpc) is 2.81. The van der Waals surface area contributed by atoms with Gasteiger partial charge in [0.15, 0.2) is 0 Å². The molecule has 1 N–H and O–H groups in total. The summed E-state index contributed by atoms with van der Waals surface area (Å²) < 4.78 is 6.13. The molecule has 1 atom stereocenters. The van der Waals surface area contributed by atoms with Crippen molar-refractivity contribution in [2.45, 2.75) is 26.1 Å². The first-order valence-corrected chi connectivity index (χ1v) is 7.75. The minimum atomic E-state index is 0.569. The number of para-hydroxylation sites is 1. The monoisotopic (exact) mass is 287 g/mol. The van der Waals surface area contributed by atoms with Gasteiger partial charge in [0.1, 0.15) is 11.3 Å². The molecular formula is C17H25N3O. The zero-order valence-electron chi connectivity index (χ0n) is 13.2. The van der Waals surface area contributed by atoms with Crippen LogP contribution in [0.25, 0.3) is 11.0 Å². The molecule has 1 aliphatic rings. The third-order valence-electron chi connectivity index (χ3n) is 4.45. The molecule has 4 heteroatoms. The predicted molar refractivity (Wildman–Crippen MR) is 86.3 cm³/mol. The summed E-state index contributed by atoms with van der Waals surface area (Å²) in [6.45, 7) is 7.42. The van der Waals surface area contributed by atoms with Crippen molar-refractivity contribution in [3.8, 4) is 0 Å². The van der Waals surface area contributed by atoms with Crippen LogP contribution in [-0.2, 0) is 13.1 Å². The zero-order chi connectivity index (χ0) is 14.8. The third-order valence-corrected chi connectivity index (χ3v) is 4.45. The van der Waals surface area contributed by atoms with Gasteiger partial charge in [-0.25, -0.2) is 0 Å². The third kappa shape index (κ3) is 2.98. The lowest BCUT2D eigenvalue weighted by Crippen LogP contribution is -2.49. The standard InChI is InChI=1S/C17H25N3O/c1-13-11-19(3)8-9-20(13)12-17-15(10-18-2)14-6-4-5-7-16(14)21-17/h4-7,13,18H,8-12H2,1-3H3. The van der Waals surface area contributed by atoms with Crippen molar-refractivity contribution in [2.24, 2.45) is 0 Å². The maximum atomic E-state index is 6.13. The highest BCUT2D eigenvalue weighted by Crippen LogP contribution is 2.27. The Hall–Kier alpha value is -1.36. The van der Waals surface area contributed by atoms with E-state index in [1.807, 2.05) is 13.1 Å². The molecule has 1 fully saturated rings. The van der Waals surface area contributed by atoms with Gasteiger partial charge in [-0.05, 0) is 27.1 Å². The van der Waals surface area contributed by atoms with E-state index in [9.17, 15) is 0 Å². The Morgan fingerprint density at radius 2 is 2.10 bits per heavy atom. The molecule has 1 saturated heterocycles. The summed E-state index contributed by atoms with van der Waals surface area (Å²) in [6.07, 6.45) is 0. The molecule has 2 aromatic rings. The van der Waals surface area contributed by atoms with Crippen LogP contribution in [0.15, 0.2) is 28.7 Å². The number of nitrogens with one attached hydrogen (secondary N) is 1. The van der Waals surface area contributed by atoms with Crippen molar-refractivity contribution in [3.05, 3.63) is 35.6 Å². The molecule has 114 valence electrons. The van der Waals surface area contributed by atoms with Crippen molar-refractivity contribution in [1.29, 1.82) is 0 Å². The van der Waals surface area contributed by atoms with Gasteiger partial charge in [0.25, 0.3) is 0 Å². The predicted octanol–water partition coefficient (Wildman–Crippen LogP) is 2.29. The summed E-state index contributed by atoms with van der Waals surface area (Å²) in [4.78, 5) is 4.92. The van der Waals surface area contributed by atoms with E-state index >= 15 is 0 Å². The SMILES string of the molecule is CNCc1c(CN2CCN(C)CC2C)oc2ccccc12. The molecule has 0 amide bonds. The molecule has 21 heavy (non-hydrogen) atoms. The van der Waals surface area contributed by atoms with Gasteiger partial charge < -0.3 is 14.6 Å². The lowest BCUT2D eigenvalue weighted by atomic mass is 10.1. The first-order valence-electron chi connectivity index (χ1n) is 7.75. The number of nitrogens with zero attached hydrogens (tertiary/aromatic N) is 2. The summed E-state index contributed by atoms with van der Waals surface area (Å²) in [6, 6.07) is 8.91. The van der Waals surface area contributed by atoms with E-state index in [1.165, 1.54) is 10.9 Å². The van der Waals surface area contributed by atoms with Crippen LogP contribution in [0.4, 0.5) is 0 Å². The second-order valence-electron chi connectivity index (χ2n) is 6.11. The maximum Gasteiger partial charge on any atom is 0.134 e. The van der Waals surface area contributed by atoms with Crippen LogP contribution in [0.3, 0.4) is 0 Å². The molecule has 1 aliphatic heterocycles. The normalized spacial score (nSPS) is 21.2. The summed E-state index contributed by atoms with van der Waals surface area (Å²) in [5, 5.41) is 4.51. The second kappa shape index (κ2) is 6.18. The van der Waals surface area contributed by atoms with Crippen molar-refractivity contribution in [3.63, 3.8) is 0 Å². The Morgan fingerprint density at radius 3 is 2.86 bits per heavy atom. The zero-order valence-corrected chi connectivity index (χ0v) is 13.2. The van der Waals surface area contributed by atoms with Gasteiger partial charge in [0.05, 0.1) is 6.54 Å². The van der Waals surface area contributed by atoms with Crippen molar-refractivity contribution in [1.82, 2.24) is 15.1 Å². The van der Waals surface area contributed by atoms with Gasteiger partial charge in [-0.3, -0.25) is 4.90 Å². The van der Waals surface area contributed by atoms with Gasteiger partial charge in [-0.15, -0.1) is 0 Å². The van der Waals surface area contributed by atoms with Gasteiger partial charge in [0, 0.05) is 43.2 Å². The van der Waals surface area contributed by atoms with Crippen LogP contribution in [0.1, 0.15) is 18.2 Å². The summed E-state index contributed by atoms with van der Waals surface area (Å²) in [7, 11) is 4.19. The fourth-order valence-electron chi connectivity index (χ4n) is 3.24. The van der Waals surface area contributed by atoms with Crippen LogP contribution in [-0.4, -0.2) is 49.6 Å². The fraction of sp³-hybridized carbons (Fsp3) is 0.529. The fourth-order valence-corrected chi connectivity index (χ4v) is 3.24. The summed E-state index contributed by atoms with van der Waals surface area (Å²) >= 11 is 0. The number of piperazine rings is 1. The lowest BCUT2D eigenvalue weighted by Gasteiger charge is -2.37. The van der Waals surface area contributed by atoms with Crippen LogP contribution >= 0.6 is 0 Å². The summed E-state index contributed by atoms with van der Waals surface area (Å²) in [5.41, 5.74) is 2.30. The van der Waals surface area contributed by atoms with Gasteiger partial charge >= 0.3 is 0 Å². The highest BCUT2D eigenvalue weighted by Gasteiger charge is 2.24. The van der Waals surface area contributed by atoms with E-state index in [2.05, 4.69) is 47.3 Å². The minimum Gasteiger partial charge on any atom is -0.459 e. The van der Waals surface area contributed by atoms with Crippen LogP contribution in [0.5, 0.6) is 0 Å². The number of hydrogen-bond acceptors (Lipinski definition) is 4. The molecule has 1 aromatic heterocycles. The number of benzene rings is 1. The molecule has 0 saturated carbocycles. The number of furan rings is 1. The first-order chi connectivity index (χ1) is 10.2. The topological polar surface area (TPSA) is 31.6 Å². The van der Waals surface area contributed by atoms with E-state index in [4.69, 9.17) is 4.42 Å². The molecule has 0 radical (unpaired) electrons. The Labute approximate surface area is 126 Å². The summed E-state index contributed by atoms with van der Waals surface area (Å²) in [5.74, 6) is 1.11. The second-order valence-corrected chi connectivity index (χ2v) is 6.11. The van der Waals surface area contributed by atoms with E-state index in [0.717, 1.165) is 44.1 Å². The van der Waals surface area contributed by atoms with Crippen LogP contribution in [0, 0.1) is 0 Å². The Kier molecular flexibility index (Phi) is 4.29. The van der Waals surface area contributed by atoms with Crippen LogP contribution < -0.4 is 5.32 Å². The number of likely N-dealkylation sites (N-methyl/N-ethyl adjacent to an activating group) is 1. The molecular weight excluding hydrogens is 262 g/mol. The average molecular weight is 287 g/mol. The molecule has 1 aromatic carbocycles. The molecule has 1 unspecified atom stereocenters. The first kappa shape index (κ1) is 14.6. The maximum absolute atomic E-state index is 6.13. The van der Waals surface area contributed by atoms with Gasteiger partial charge in [-0.2, -0.15) is 0 Å². The number of hydrogen-bond donors (Lipinski definition) is 1. The number of rotatable bonds is 4. The van der Waals surface area contributed by atoms with Crippen molar-refractivity contribution >= 4 is 11.0 Å². The highest BCUT2D eigenvalue weighted by atomic mass is 16.3. The molecule has 0 aliphatic carbocycles. The van der Waals surface area contributed by atoms with Gasteiger partial charge in [0.2, 0.25) is 0 Å².